The minimum atomic E-state index is -0.329. The molecule has 1 unspecified atom stereocenters. The largest absolute Gasteiger partial charge is 0.497 e. The van der Waals surface area contributed by atoms with Crippen LogP contribution < -0.4 is 15.8 Å². The van der Waals surface area contributed by atoms with Gasteiger partial charge in [-0.15, -0.1) is 0 Å². The first-order valence-electron chi connectivity index (χ1n) is 5.37. The molecule has 88 valence electrons. The lowest BCUT2D eigenvalue weighted by atomic mass is 10.1. The van der Waals surface area contributed by atoms with Crippen molar-refractivity contribution in [3.8, 4) is 5.75 Å². The number of primary amides is 1. The van der Waals surface area contributed by atoms with Crippen molar-refractivity contribution in [2.45, 2.75) is 25.8 Å². The summed E-state index contributed by atoms with van der Waals surface area (Å²) in [6.45, 7) is 2.02. The SMILES string of the molecule is CCCC(Nc1cccc(OC)c1)C(N)=O. The highest BCUT2D eigenvalue weighted by atomic mass is 16.5. The summed E-state index contributed by atoms with van der Waals surface area (Å²) >= 11 is 0. The van der Waals surface area contributed by atoms with Gasteiger partial charge >= 0.3 is 0 Å². The number of ether oxygens (including phenoxy) is 1. The Hall–Kier alpha value is -1.71. The lowest BCUT2D eigenvalue weighted by Crippen LogP contribution is -2.35. The lowest BCUT2D eigenvalue weighted by Gasteiger charge is -2.16. The van der Waals surface area contributed by atoms with Gasteiger partial charge in [-0.2, -0.15) is 0 Å². The summed E-state index contributed by atoms with van der Waals surface area (Å²) in [6, 6.07) is 7.12. The van der Waals surface area contributed by atoms with E-state index in [0.29, 0.717) is 0 Å². The van der Waals surface area contributed by atoms with E-state index in [-0.39, 0.29) is 11.9 Å². The summed E-state index contributed by atoms with van der Waals surface area (Å²) in [7, 11) is 1.61. The van der Waals surface area contributed by atoms with Crippen molar-refractivity contribution < 1.29 is 9.53 Å². The number of hydrogen-bond acceptors (Lipinski definition) is 3. The molecule has 0 radical (unpaired) electrons. The molecule has 0 saturated carbocycles. The second kappa shape index (κ2) is 6.00. The van der Waals surface area contributed by atoms with E-state index in [0.717, 1.165) is 24.3 Å². The third-order valence-electron chi connectivity index (χ3n) is 2.33. The van der Waals surface area contributed by atoms with Crippen LogP contribution in [0.5, 0.6) is 5.75 Å². The molecule has 3 N–H and O–H groups in total. The monoisotopic (exact) mass is 222 g/mol. The standard InChI is InChI=1S/C12H18N2O2/c1-3-5-11(12(13)15)14-9-6-4-7-10(8-9)16-2/h4,6-8,11,14H,3,5H2,1-2H3,(H2,13,15). The molecule has 0 aliphatic rings. The lowest BCUT2D eigenvalue weighted by molar-refractivity contribution is -0.118. The molecule has 1 rings (SSSR count). The molecule has 0 aliphatic heterocycles. The van der Waals surface area contributed by atoms with Crippen LogP contribution in [0.2, 0.25) is 0 Å². The van der Waals surface area contributed by atoms with E-state index in [1.165, 1.54) is 0 Å². The molecule has 4 heteroatoms. The molecular formula is C12H18N2O2. The van der Waals surface area contributed by atoms with E-state index in [4.69, 9.17) is 10.5 Å². The Balaban J connectivity index is 2.72. The molecule has 4 nitrogen and oxygen atoms in total. The Morgan fingerprint density at radius 2 is 2.31 bits per heavy atom. The number of carbonyl (C=O) groups excluding carboxylic acids is 1. The van der Waals surface area contributed by atoms with Crippen molar-refractivity contribution in [2.24, 2.45) is 5.73 Å². The zero-order valence-electron chi connectivity index (χ0n) is 9.69. The molecule has 1 aromatic carbocycles. The van der Waals surface area contributed by atoms with Crippen molar-refractivity contribution in [1.82, 2.24) is 0 Å². The van der Waals surface area contributed by atoms with Gasteiger partial charge in [-0.3, -0.25) is 4.79 Å². The molecule has 0 aromatic heterocycles. The smallest absolute Gasteiger partial charge is 0.239 e. The van der Waals surface area contributed by atoms with Crippen LogP contribution in [0.1, 0.15) is 19.8 Å². The zero-order valence-corrected chi connectivity index (χ0v) is 9.69. The predicted molar refractivity (Wildman–Crippen MR) is 64.5 cm³/mol. The second-order valence-electron chi connectivity index (χ2n) is 3.62. The van der Waals surface area contributed by atoms with E-state index >= 15 is 0 Å². The van der Waals surface area contributed by atoms with Crippen molar-refractivity contribution in [3.05, 3.63) is 24.3 Å². The fourth-order valence-electron chi connectivity index (χ4n) is 1.49. The molecule has 1 amide bonds. The van der Waals surface area contributed by atoms with E-state index < -0.39 is 0 Å². The minimum Gasteiger partial charge on any atom is -0.497 e. The summed E-state index contributed by atoms with van der Waals surface area (Å²) in [4.78, 5) is 11.2. The Kier molecular flexibility index (Phi) is 4.64. The zero-order chi connectivity index (χ0) is 12.0. The summed E-state index contributed by atoms with van der Waals surface area (Å²) in [5.74, 6) is 0.425. The van der Waals surface area contributed by atoms with Crippen LogP contribution >= 0.6 is 0 Å². The highest BCUT2D eigenvalue weighted by Crippen LogP contribution is 2.18. The maximum absolute atomic E-state index is 11.2. The first kappa shape index (κ1) is 12.4. The van der Waals surface area contributed by atoms with Crippen LogP contribution in [0.4, 0.5) is 5.69 Å². The molecule has 1 aromatic rings. The fraction of sp³-hybridized carbons (Fsp3) is 0.417. The van der Waals surface area contributed by atoms with Crippen molar-refractivity contribution >= 4 is 11.6 Å². The molecule has 0 heterocycles. The number of carbonyl (C=O) groups is 1. The number of amides is 1. The average Bonchev–Trinajstić information content (AvgIpc) is 2.28. The van der Waals surface area contributed by atoms with Gasteiger partial charge in [0.15, 0.2) is 0 Å². The number of nitrogens with one attached hydrogen (secondary N) is 1. The number of hydrogen-bond donors (Lipinski definition) is 2. The Morgan fingerprint density at radius 1 is 1.56 bits per heavy atom. The van der Waals surface area contributed by atoms with E-state index in [2.05, 4.69) is 5.32 Å². The van der Waals surface area contributed by atoms with Crippen LogP contribution in [0.25, 0.3) is 0 Å². The molecule has 0 spiro atoms. The van der Waals surface area contributed by atoms with E-state index in [1.807, 2.05) is 31.2 Å². The molecular weight excluding hydrogens is 204 g/mol. The Labute approximate surface area is 95.8 Å². The molecule has 16 heavy (non-hydrogen) atoms. The molecule has 1 atom stereocenters. The van der Waals surface area contributed by atoms with Gasteiger partial charge in [0.1, 0.15) is 11.8 Å². The maximum Gasteiger partial charge on any atom is 0.239 e. The first-order chi connectivity index (χ1) is 7.67. The van der Waals surface area contributed by atoms with Crippen molar-refractivity contribution in [1.29, 1.82) is 0 Å². The third kappa shape index (κ3) is 3.46. The van der Waals surface area contributed by atoms with Crippen LogP contribution in [-0.4, -0.2) is 19.1 Å². The van der Waals surface area contributed by atoms with Crippen LogP contribution in [0, 0.1) is 0 Å². The summed E-state index contributed by atoms with van der Waals surface area (Å²) in [6.07, 6.45) is 1.64. The van der Waals surface area contributed by atoms with Crippen LogP contribution in [-0.2, 0) is 4.79 Å². The Bertz CT molecular complexity index is 353. The molecule has 0 saturated heterocycles. The van der Waals surface area contributed by atoms with Gasteiger partial charge in [-0.1, -0.05) is 19.4 Å². The summed E-state index contributed by atoms with van der Waals surface area (Å²) < 4.78 is 5.10. The maximum atomic E-state index is 11.2. The minimum absolute atomic E-state index is 0.322. The van der Waals surface area contributed by atoms with Gasteiger partial charge in [-0.05, 0) is 18.6 Å². The Morgan fingerprint density at radius 3 is 2.88 bits per heavy atom. The van der Waals surface area contributed by atoms with Gasteiger partial charge in [0.2, 0.25) is 5.91 Å². The van der Waals surface area contributed by atoms with Crippen LogP contribution in [0.15, 0.2) is 24.3 Å². The highest BCUT2D eigenvalue weighted by molar-refractivity contribution is 5.82. The van der Waals surface area contributed by atoms with Crippen molar-refractivity contribution in [2.75, 3.05) is 12.4 Å². The molecule has 0 bridgehead atoms. The number of benzene rings is 1. The van der Waals surface area contributed by atoms with E-state index in [1.54, 1.807) is 7.11 Å². The third-order valence-corrected chi connectivity index (χ3v) is 2.33. The second-order valence-corrected chi connectivity index (χ2v) is 3.62. The number of anilines is 1. The molecule has 0 fully saturated rings. The van der Waals surface area contributed by atoms with Gasteiger partial charge in [0.25, 0.3) is 0 Å². The number of nitrogens with two attached hydrogens (primary N) is 1. The van der Waals surface area contributed by atoms with Gasteiger partial charge in [-0.25, -0.2) is 0 Å². The van der Waals surface area contributed by atoms with E-state index in [9.17, 15) is 4.79 Å². The van der Waals surface area contributed by atoms with Crippen LogP contribution in [0.3, 0.4) is 0 Å². The highest BCUT2D eigenvalue weighted by Gasteiger charge is 2.13. The summed E-state index contributed by atoms with van der Waals surface area (Å²) in [5, 5.41) is 3.10. The predicted octanol–water partition coefficient (Wildman–Crippen LogP) is 1.76. The first-order valence-corrected chi connectivity index (χ1v) is 5.37. The normalized spacial score (nSPS) is 11.9. The quantitative estimate of drug-likeness (QED) is 0.770. The number of rotatable bonds is 6. The fourth-order valence-corrected chi connectivity index (χ4v) is 1.49. The van der Waals surface area contributed by atoms with Gasteiger partial charge < -0.3 is 15.8 Å². The van der Waals surface area contributed by atoms with Gasteiger partial charge in [0, 0.05) is 11.8 Å². The average molecular weight is 222 g/mol. The van der Waals surface area contributed by atoms with Gasteiger partial charge in [0.05, 0.1) is 7.11 Å². The van der Waals surface area contributed by atoms with Crippen molar-refractivity contribution in [3.63, 3.8) is 0 Å². The molecule has 0 aliphatic carbocycles. The number of methoxy groups -OCH3 is 1. The summed E-state index contributed by atoms with van der Waals surface area (Å²) in [5.41, 5.74) is 6.15. The topological polar surface area (TPSA) is 64.3 Å².